The number of hydrogen-bond donors (Lipinski definition) is 0. The number of thiazole rings is 1. The number of ether oxygens (including phenoxy) is 2. The van der Waals surface area contributed by atoms with E-state index in [4.69, 9.17) is 15.9 Å². The number of carbonyl (C=O) groups excluding carboxylic acids is 2. The molecule has 0 aliphatic heterocycles. The molecule has 0 unspecified atom stereocenters. The van der Waals surface area contributed by atoms with Gasteiger partial charge in [-0.2, -0.15) is 4.99 Å². The van der Waals surface area contributed by atoms with Crippen molar-refractivity contribution in [1.82, 2.24) is 4.57 Å². The lowest BCUT2D eigenvalue weighted by atomic mass is 10.1. The number of rotatable bonds is 5. The van der Waals surface area contributed by atoms with Gasteiger partial charge in [0, 0.05) is 5.56 Å². The zero-order valence-corrected chi connectivity index (χ0v) is 17.2. The van der Waals surface area contributed by atoms with Gasteiger partial charge in [0.1, 0.15) is 5.75 Å². The summed E-state index contributed by atoms with van der Waals surface area (Å²) in [6.07, 6.45) is 5.62. The molecule has 2 aromatic carbocycles. The van der Waals surface area contributed by atoms with Crippen molar-refractivity contribution < 1.29 is 19.1 Å². The number of terminal acetylenes is 1. The van der Waals surface area contributed by atoms with Crippen LogP contribution in [0, 0.1) is 19.3 Å². The van der Waals surface area contributed by atoms with E-state index in [0.29, 0.717) is 16.1 Å². The van der Waals surface area contributed by atoms with Crippen LogP contribution in [-0.4, -0.2) is 30.7 Å². The second kappa shape index (κ2) is 8.76. The highest BCUT2D eigenvalue weighted by Crippen LogP contribution is 2.22. The van der Waals surface area contributed by atoms with Crippen LogP contribution in [-0.2, 0) is 22.5 Å². The summed E-state index contributed by atoms with van der Waals surface area (Å²) in [5.74, 6) is 2.50. The third-order valence-corrected chi connectivity index (χ3v) is 5.39. The van der Waals surface area contributed by atoms with Gasteiger partial charge in [-0.3, -0.25) is 4.79 Å². The van der Waals surface area contributed by atoms with E-state index in [1.165, 1.54) is 18.4 Å². The maximum absolute atomic E-state index is 12.7. The molecule has 0 radical (unpaired) electrons. The number of aromatic nitrogens is 1. The minimum absolute atomic E-state index is 0.114. The van der Waals surface area contributed by atoms with Gasteiger partial charge < -0.3 is 14.0 Å². The van der Waals surface area contributed by atoms with Crippen LogP contribution in [0.15, 0.2) is 41.4 Å². The largest absolute Gasteiger partial charge is 0.496 e. The van der Waals surface area contributed by atoms with Crippen LogP contribution in [0.25, 0.3) is 10.2 Å². The average molecular weight is 408 g/mol. The van der Waals surface area contributed by atoms with Crippen molar-refractivity contribution in [3.05, 3.63) is 57.9 Å². The molecule has 0 N–H and O–H groups in total. The lowest BCUT2D eigenvalue weighted by Crippen LogP contribution is -2.17. The highest BCUT2D eigenvalue weighted by molar-refractivity contribution is 7.16. The highest BCUT2D eigenvalue weighted by Gasteiger charge is 2.13. The maximum Gasteiger partial charge on any atom is 0.337 e. The van der Waals surface area contributed by atoms with Crippen molar-refractivity contribution in [2.24, 2.45) is 4.99 Å². The summed E-state index contributed by atoms with van der Waals surface area (Å²) in [6.45, 7) is 2.22. The highest BCUT2D eigenvalue weighted by atomic mass is 32.1. The molecule has 0 aliphatic rings. The van der Waals surface area contributed by atoms with E-state index < -0.39 is 5.97 Å². The second-order valence-corrected chi connectivity index (χ2v) is 7.36. The van der Waals surface area contributed by atoms with Crippen LogP contribution in [0.2, 0.25) is 0 Å². The van der Waals surface area contributed by atoms with Gasteiger partial charge in [-0.05, 0) is 31.2 Å². The zero-order chi connectivity index (χ0) is 21.0. The topological polar surface area (TPSA) is 69.9 Å². The van der Waals surface area contributed by atoms with E-state index >= 15 is 0 Å². The number of methoxy groups -OCH3 is 2. The van der Waals surface area contributed by atoms with Gasteiger partial charge in [-0.1, -0.05) is 35.0 Å². The first-order chi connectivity index (χ1) is 14.0. The van der Waals surface area contributed by atoms with Crippen LogP contribution < -0.4 is 9.54 Å². The summed E-state index contributed by atoms with van der Waals surface area (Å²) < 4.78 is 12.7. The molecule has 0 saturated carbocycles. The van der Waals surface area contributed by atoms with Crippen LogP contribution >= 0.6 is 11.3 Å². The Morgan fingerprint density at radius 1 is 1.21 bits per heavy atom. The minimum atomic E-state index is -0.426. The zero-order valence-electron chi connectivity index (χ0n) is 16.4. The molecule has 0 fully saturated rings. The summed E-state index contributed by atoms with van der Waals surface area (Å²) in [6, 6.07) is 10.8. The van der Waals surface area contributed by atoms with Crippen molar-refractivity contribution in [2.45, 2.75) is 19.9 Å². The van der Waals surface area contributed by atoms with E-state index in [1.807, 2.05) is 25.1 Å². The first kappa shape index (κ1) is 20.4. The van der Waals surface area contributed by atoms with Crippen molar-refractivity contribution >= 4 is 33.4 Å². The predicted octanol–water partition coefficient (Wildman–Crippen LogP) is 3.11. The predicted molar refractivity (Wildman–Crippen MR) is 112 cm³/mol. The Labute approximate surface area is 172 Å². The van der Waals surface area contributed by atoms with Gasteiger partial charge >= 0.3 is 5.97 Å². The van der Waals surface area contributed by atoms with Crippen molar-refractivity contribution in [1.29, 1.82) is 0 Å². The number of hydrogen-bond acceptors (Lipinski definition) is 5. The molecule has 0 aliphatic carbocycles. The summed E-state index contributed by atoms with van der Waals surface area (Å²) in [7, 11) is 2.90. The van der Waals surface area contributed by atoms with E-state index in [2.05, 4.69) is 10.9 Å². The van der Waals surface area contributed by atoms with Gasteiger partial charge in [-0.25, -0.2) is 4.79 Å². The molecule has 0 bridgehead atoms. The molecule has 1 aromatic heterocycles. The Bertz CT molecular complexity index is 1200. The lowest BCUT2D eigenvalue weighted by molar-refractivity contribution is -0.117. The molecular weight excluding hydrogens is 388 g/mol. The summed E-state index contributed by atoms with van der Waals surface area (Å²) in [5, 5.41) is 0. The molecule has 0 spiro atoms. The molecule has 3 rings (SSSR count). The lowest BCUT2D eigenvalue weighted by Gasteiger charge is -2.07. The number of aryl methyl sites for hydroxylation is 1. The number of esters is 1. The average Bonchev–Trinajstić information content (AvgIpc) is 3.04. The van der Waals surface area contributed by atoms with Crippen LogP contribution in [0.1, 0.15) is 21.5 Å². The van der Waals surface area contributed by atoms with Crippen molar-refractivity contribution in [3.8, 4) is 18.1 Å². The maximum atomic E-state index is 12.7. The second-order valence-electron chi connectivity index (χ2n) is 6.35. The monoisotopic (exact) mass is 408 g/mol. The number of amides is 1. The quantitative estimate of drug-likeness (QED) is 0.481. The summed E-state index contributed by atoms with van der Waals surface area (Å²) in [5.41, 5.74) is 3.05. The Balaban J connectivity index is 2.03. The van der Waals surface area contributed by atoms with Crippen LogP contribution in [0.4, 0.5) is 0 Å². The van der Waals surface area contributed by atoms with Gasteiger partial charge in [0.25, 0.3) is 5.91 Å². The molecule has 1 amide bonds. The fourth-order valence-corrected chi connectivity index (χ4v) is 4.09. The molecule has 29 heavy (non-hydrogen) atoms. The molecule has 3 aromatic rings. The van der Waals surface area contributed by atoms with Crippen LogP contribution in [0.3, 0.4) is 0 Å². The molecule has 148 valence electrons. The third-order valence-electron chi connectivity index (χ3n) is 4.35. The third kappa shape index (κ3) is 4.39. The normalized spacial score (nSPS) is 11.3. The van der Waals surface area contributed by atoms with E-state index in [-0.39, 0.29) is 18.9 Å². The first-order valence-corrected chi connectivity index (χ1v) is 9.64. The van der Waals surface area contributed by atoms with Crippen molar-refractivity contribution in [3.63, 3.8) is 0 Å². The molecular formula is C22H20N2O4S. The number of benzene rings is 2. The molecule has 0 atom stereocenters. The number of carbonyl (C=O) groups is 2. The Hall–Kier alpha value is -3.37. The fraction of sp³-hybridized carbons (Fsp3) is 0.227. The molecule has 7 heteroatoms. The summed E-state index contributed by atoms with van der Waals surface area (Å²) >= 11 is 1.30. The standard InChI is InChI=1S/C22H20N2O4S/c1-5-10-24-17-8-7-15(21(26)28-4)12-19(17)29-22(24)23-20(25)13-16-11-14(2)6-9-18(16)27-3/h1,6-9,11-12H,10,13H2,2-4H3. The van der Waals surface area contributed by atoms with Gasteiger partial charge in [-0.15, -0.1) is 6.42 Å². The smallest absolute Gasteiger partial charge is 0.337 e. The molecule has 6 nitrogen and oxygen atoms in total. The van der Waals surface area contributed by atoms with Gasteiger partial charge in [0.2, 0.25) is 0 Å². The summed E-state index contributed by atoms with van der Waals surface area (Å²) in [4.78, 5) is 29.2. The van der Waals surface area contributed by atoms with Gasteiger partial charge in [0.15, 0.2) is 4.80 Å². The molecule has 1 heterocycles. The van der Waals surface area contributed by atoms with Crippen LogP contribution in [0.5, 0.6) is 5.75 Å². The Morgan fingerprint density at radius 2 is 2.00 bits per heavy atom. The Kier molecular flexibility index (Phi) is 6.15. The van der Waals surface area contributed by atoms with E-state index in [9.17, 15) is 9.59 Å². The van der Waals surface area contributed by atoms with E-state index in [1.54, 1.807) is 29.9 Å². The molecule has 0 saturated heterocycles. The number of nitrogens with zero attached hydrogens (tertiary/aromatic N) is 2. The Morgan fingerprint density at radius 3 is 2.69 bits per heavy atom. The minimum Gasteiger partial charge on any atom is -0.496 e. The van der Waals surface area contributed by atoms with Gasteiger partial charge in [0.05, 0.1) is 43.0 Å². The van der Waals surface area contributed by atoms with E-state index in [0.717, 1.165) is 21.3 Å². The SMILES string of the molecule is C#CCn1c(=NC(=O)Cc2cc(C)ccc2OC)sc2cc(C(=O)OC)ccc21. The fourth-order valence-electron chi connectivity index (χ4n) is 3.00. The first-order valence-electron chi connectivity index (χ1n) is 8.83. The van der Waals surface area contributed by atoms with Crippen molar-refractivity contribution in [2.75, 3.05) is 14.2 Å². The number of fused-ring (bicyclic) bond motifs is 1.